The summed E-state index contributed by atoms with van der Waals surface area (Å²) >= 11 is 0. The first-order valence-corrected chi connectivity index (χ1v) is 6.21. The summed E-state index contributed by atoms with van der Waals surface area (Å²) in [5, 5.41) is 13.9. The number of nitro benzene ring substituents is 1. The minimum Gasteiger partial charge on any atom is -0.494 e. The van der Waals surface area contributed by atoms with Gasteiger partial charge in [-0.25, -0.2) is 4.98 Å². The summed E-state index contributed by atoms with van der Waals surface area (Å²) in [5.74, 6) is 0.446. The number of hydrogen-bond donors (Lipinski definition) is 1. The van der Waals surface area contributed by atoms with E-state index in [0.717, 1.165) is 12.2 Å². The second-order valence-electron chi connectivity index (χ2n) is 4.17. The lowest BCUT2D eigenvalue weighted by Crippen LogP contribution is -2.07. The van der Waals surface area contributed by atoms with Gasteiger partial charge in [-0.2, -0.15) is 0 Å². The van der Waals surface area contributed by atoms with E-state index < -0.39 is 4.92 Å². The molecule has 106 valence electrons. The quantitative estimate of drug-likeness (QED) is 0.647. The molecule has 1 N–H and O–H groups in total. The number of nitro groups is 1. The number of rotatable bonds is 6. The largest absolute Gasteiger partial charge is 0.494 e. The van der Waals surface area contributed by atoms with Crippen LogP contribution >= 0.6 is 0 Å². The summed E-state index contributed by atoms with van der Waals surface area (Å²) < 4.78 is 7.19. The van der Waals surface area contributed by atoms with Gasteiger partial charge in [-0.05, 0) is 13.0 Å². The number of nitrogens with zero attached hydrogens (tertiary/aromatic N) is 3. The number of non-ortho nitro benzene ring substituents is 1. The van der Waals surface area contributed by atoms with Crippen molar-refractivity contribution in [3.63, 3.8) is 0 Å². The van der Waals surface area contributed by atoms with Crippen LogP contribution in [0.3, 0.4) is 0 Å². The van der Waals surface area contributed by atoms with Crippen LogP contribution in [0, 0.1) is 10.1 Å². The first kappa shape index (κ1) is 13.9. The first-order valence-electron chi connectivity index (χ1n) is 6.21. The Bertz CT molecular complexity index is 609. The van der Waals surface area contributed by atoms with Crippen molar-refractivity contribution in [1.29, 1.82) is 0 Å². The predicted octanol–water partition coefficient (Wildman–Crippen LogP) is 2.43. The molecule has 0 aliphatic carbocycles. The molecule has 7 heteroatoms. The molecule has 0 fully saturated rings. The van der Waals surface area contributed by atoms with Crippen LogP contribution in [0.4, 0.5) is 11.4 Å². The third-order valence-electron chi connectivity index (χ3n) is 3.00. The summed E-state index contributed by atoms with van der Waals surface area (Å²) in [5.41, 5.74) is 1.75. The van der Waals surface area contributed by atoms with E-state index >= 15 is 0 Å². The van der Waals surface area contributed by atoms with Crippen molar-refractivity contribution in [3.8, 4) is 5.75 Å². The average Bonchev–Trinajstić information content (AvgIpc) is 2.92. The number of anilines is 1. The Labute approximate surface area is 116 Å². The fraction of sp³-hybridized carbons (Fsp3) is 0.308. The Balaban J connectivity index is 2.15. The van der Waals surface area contributed by atoms with E-state index in [0.29, 0.717) is 18.0 Å². The number of aromatic nitrogens is 2. The van der Waals surface area contributed by atoms with Crippen LogP contribution < -0.4 is 10.1 Å². The van der Waals surface area contributed by atoms with E-state index in [2.05, 4.69) is 10.3 Å². The number of imidazole rings is 1. The zero-order valence-corrected chi connectivity index (χ0v) is 11.4. The fourth-order valence-corrected chi connectivity index (χ4v) is 1.91. The summed E-state index contributed by atoms with van der Waals surface area (Å²) in [6.45, 7) is 3.45. The second kappa shape index (κ2) is 6.05. The van der Waals surface area contributed by atoms with E-state index in [-0.39, 0.29) is 5.69 Å². The monoisotopic (exact) mass is 276 g/mol. The maximum atomic E-state index is 10.7. The minimum atomic E-state index is -0.446. The molecule has 0 aliphatic rings. The Morgan fingerprint density at radius 3 is 2.95 bits per heavy atom. The highest BCUT2D eigenvalue weighted by Crippen LogP contribution is 2.29. The maximum Gasteiger partial charge on any atom is 0.273 e. The lowest BCUT2D eigenvalue weighted by molar-refractivity contribution is -0.384. The van der Waals surface area contributed by atoms with Crippen LogP contribution in [0.1, 0.15) is 12.6 Å². The molecule has 0 spiro atoms. The summed E-state index contributed by atoms with van der Waals surface area (Å²) in [6, 6.07) is 4.49. The molecule has 1 aromatic heterocycles. The van der Waals surface area contributed by atoms with Gasteiger partial charge in [-0.1, -0.05) is 0 Å². The third kappa shape index (κ3) is 2.87. The standard InChI is InChI=1S/C13H16N4O3/c1-3-16-9-14-7-11(16)8-15-12-5-4-10(17(18)19)6-13(12)20-2/h4-7,9,15H,3,8H2,1-2H3. The van der Waals surface area contributed by atoms with Crippen LogP contribution in [0.2, 0.25) is 0 Å². The van der Waals surface area contributed by atoms with E-state index in [4.69, 9.17) is 4.74 Å². The maximum absolute atomic E-state index is 10.7. The molecule has 0 aliphatic heterocycles. The molecule has 0 atom stereocenters. The predicted molar refractivity (Wildman–Crippen MR) is 74.9 cm³/mol. The van der Waals surface area contributed by atoms with Crippen molar-refractivity contribution in [2.45, 2.75) is 20.0 Å². The number of hydrogen-bond acceptors (Lipinski definition) is 5. The molecule has 7 nitrogen and oxygen atoms in total. The molecule has 0 saturated heterocycles. The lowest BCUT2D eigenvalue weighted by atomic mass is 10.2. The molecule has 20 heavy (non-hydrogen) atoms. The molecule has 0 radical (unpaired) electrons. The molecule has 0 unspecified atom stereocenters. The van der Waals surface area contributed by atoms with Gasteiger partial charge in [0.2, 0.25) is 0 Å². The van der Waals surface area contributed by atoms with Gasteiger partial charge >= 0.3 is 0 Å². The molecule has 1 aromatic carbocycles. The van der Waals surface area contributed by atoms with Gasteiger partial charge in [0.05, 0.1) is 42.4 Å². The van der Waals surface area contributed by atoms with E-state index in [1.165, 1.54) is 19.2 Å². The van der Waals surface area contributed by atoms with Crippen molar-refractivity contribution in [2.24, 2.45) is 0 Å². The average molecular weight is 276 g/mol. The highest BCUT2D eigenvalue weighted by molar-refractivity contribution is 5.60. The number of aryl methyl sites for hydroxylation is 1. The van der Waals surface area contributed by atoms with Crippen molar-refractivity contribution >= 4 is 11.4 Å². The molecule has 0 saturated carbocycles. The highest BCUT2D eigenvalue weighted by Gasteiger charge is 2.11. The Morgan fingerprint density at radius 1 is 1.50 bits per heavy atom. The van der Waals surface area contributed by atoms with Crippen LogP contribution in [0.5, 0.6) is 5.75 Å². The van der Waals surface area contributed by atoms with Crippen molar-refractivity contribution in [1.82, 2.24) is 9.55 Å². The van der Waals surface area contributed by atoms with Crippen molar-refractivity contribution in [2.75, 3.05) is 12.4 Å². The van der Waals surface area contributed by atoms with Crippen LogP contribution in [0.25, 0.3) is 0 Å². The number of benzene rings is 1. The van der Waals surface area contributed by atoms with Crippen molar-refractivity contribution < 1.29 is 9.66 Å². The smallest absolute Gasteiger partial charge is 0.273 e. The molecule has 2 rings (SSSR count). The number of nitrogens with one attached hydrogen (secondary N) is 1. The molecule has 0 bridgehead atoms. The third-order valence-corrected chi connectivity index (χ3v) is 3.00. The Hall–Kier alpha value is -2.57. The Kier molecular flexibility index (Phi) is 4.19. The van der Waals surface area contributed by atoms with Crippen molar-refractivity contribution in [3.05, 3.63) is 46.5 Å². The fourth-order valence-electron chi connectivity index (χ4n) is 1.91. The van der Waals surface area contributed by atoms with Gasteiger partial charge in [0, 0.05) is 18.8 Å². The van der Waals surface area contributed by atoms with Gasteiger partial charge in [0.25, 0.3) is 5.69 Å². The lowest BCUT2D eigenvalue weighted by Gasteiger charge is -2.11. The zero-order chi connectivity index (χ0) is 14.5. The SMILES string of the molecule is CCn1cncc1CNc1ccc([N+](=O)[O-])cc1OC. The Morgan fingerprint density at radius 2 is 2.30 bits per heavy atom. The second-order valence-corrected chi connectivity index (χ2v) is 4.17. The molecule has 2 aromatic rings. The number of methoxy groups -OCH3 is 1. The molecular formula is C13H16N4O3. The van der Waals surface area contributed by atoms with Gasteiger partial charge in [-0.15, -0.1) is 0 Å². The summed E-state index contributed by atoms with van der Waals surface area (Å²) in [6.07, 6.45) is 3.55. The molecule has 1 heterocycles. The summed E-state index contributed by atoms with van der Waals surface area (Å²) in [4.78, 5) is 14.4. The highest BCUT2D eigenvalue weighted by atomic mass is 16.6. The molecular weight excluding hydrogens is 260 g/mol. The zero-order valence-electron chi connectivity index (χ0n) is 11.4. The van der Waals surface area contributed by atoms with Crippen LogP contribution in [-0.4, -0.2) is 21.6 Å². The molecule has 0 amide bonds. The summed E-state index contributed by atoms with van der Waals surface area (Å²) in [7, 11) is 1.49. The van der Waals surface area contributed by atoms with Gasteiger partial charge in [-0.3, -0.25) is 10.1 Å². The van der Waals surface area contributed by atoms with Crippen LogP contribution in [0.15, 0.2) is 30.7 Å². The van der Waals surface area contributed by atoms with Gasteiger partial charge < -0.3 is 14.6 Å². The normalized spacial score (nSPS) is 10.3. The van der Waals surface area contributed by atoms with Gasteiger partial charge in [0.1, 0.15) is 5.75 Å². The van der Waals surface area contributed by atoms with E-state index in [9.17, 15) is 10.1 Å². The van der Waals surface area contributed by atoms with Gasteiger partial charge in [0.15, 0.2) is 0 Å². The number of ether oxygens (including phenoxy) is 1. The minimum absolute atomic E-state index is 0.00556. The van der Waals surface area contributed by atoms with E-state index in [1.54, 1.807) is 18.6 Å². The topological polar surface area (TPSA) is 82.2 Å². The first-order chi connectivity index (χ1) is 9.65. The van der Waals surface area contributed by atoms with Crippen LogP contribution in [-0.2, 0) is 13.1 Å². The van der Waals surface area contributed by atoms with E-state index in [1.807, 2.05) is 11.5 Å².